The molecule has 4 aliphatic rings. The van der Waals surface area contributed by atoms with Gasteiger partial charge in [0.15, 0.2) is 5.78 Å². The summed E-state index contributed by atoms with van der Waals surface area (Å²) in [6.45, 7) is 10.8. The van der Waals surface area contributed by atoms with Crippen molar-refractivity contribution < 1.29 is 77.6 Å². The maximum atomic E-state index is 14.4. The molecule has 4 N–H and O–H groups in total. The monoisotopic (exact) mass is 1000 g/mol. The minimum absolute atomic E-state index is 0.00889. The molecule has 17 nitrogen and oxygen atoms in total. The molecule has 0 aromatic rings. The van der Waals surface area contributed by atoms with E-state index in [1.54, 1.807) is 40.9 Å². The van der Waals surface area contributed by atoms with Crippen molar-refractivity contribution in [2.45, 2.75) is 180 Å². The van der Waals surface area contributed by atoms with Gasteiger partial charge < -0.3 is 53.7 Å². The van der Waals surface area contributed by atoms with Crippen molar-refractivity contribution >= 4 is 35.2 Å². The zero-order valence-electron chi connectivity index (χ0n) is 43.7. The van der Waals surface area contributed by atoms with Gasteiger partial charge in [-0.15, -0.1) is 0 Å². The van der Waals surface area contributed by atoms with Gasteiger partial charge in [-0.3, -0.25) is 24.0 Å². The molecular weight excluding hydrogens is 919 g/mol. The molecule has 1 saturated carbocycles. The fourth-order valence-corrected chi connectivity index (χ4v) is 10.2. The summed E-state index contributed by atoms with van der Waals surface area (Å²) in [6, 6.07) is -1.21. The van der Waals surface area contributed by atoms with Gasteiger partial charge in [-0.1, -0.05) is 64.2 Å². The van der Waals surface area contributed by atoms with Gasteiger partial charge in [-0.05, 0) is 108 Å². The van der Waals surface area contributed by atoms with Crippen molar-refractivity contribution in [3.05, 3.63) is 47.6 Å². The molecule has 0 aromatic carbocycles. The summed E-state index contributed by atoms with van der Waals surface area (Å²) in [7, 11) is 4.38. The molecule has 2 bridgehead atoms. The van der Waals surface area contributed by atoms with E-state index in [1.165, 1.54) is 21.1 Å². The van der Waals surface area contributed by atoms with Crippen molar-refractivity contribution in [2.75, 3.05) is 41.1 Å². The van der Waals surface area contributed by atoms with Crippen LogP contribution in [0.25, 0.3) is 0 Å². The normalized spacial score (nSPS) is 37.7. The van der Waals surface area contributed by atoms with Gasteiger partial charge in [0, 0.05) is 58.5 Å². The zero-order chi connectivity index (χ0) is 52.8. The van der Waals surface area contributed by atoms with Crippen LogP contribution < -0.4 is 0 Å². The van der Waals surface area contributed by atoms with Gasteiger partial charge >= 0.3 is 11.9 Å². The topological polar surface area (TPSA) is 242 Å². The fourth-order valence-electron chi connectivity index (χ4n) is 10.2. The number of hydrogen-bond acceptors (Lipinski definition) is 16. The SMILES string of the molecule is COC1CC2CCC(C)C(O)(O2)C(=O)C(=O)N2CCCCC2C(=O)OC(CC2CCC(OC(=O)C(C)(CO)CO)C(OC)C2)CC(=O)C(C)/C=C(/C)C(O)C(OC)C(=O)C(C)CC(C)/C=C/C=C/C=C/1C. The highest BCUT2D eigenvalue weighted by Crippen LogP contribution is 2.38. The molecule has 3 aliphatic heterocycles. The fraction of sp³-hybridized carbons (Fsp3) is 0.741. The number of methoxy groups -OCH3 is 3. The van der Waals surface area contributed by atoms with Gasteiger partial charge in [-0.2, -0.15) is 0 Å². The molecule has 0 aromatic heterocycles. The molecule has 17 heteroatoms. The van der Waals surface area contributed by atoms with Crippen molar-refractivity contribution in [3.63, 3.8) is 0 Å². The van der Waals surface area contributed by atoms with Crippen LogP contribution in [0, 0.1) is 35.0 Å². The Hall–Kier alpha value is -3.94. The lowest BCUT2D eigenvalue weighted by atomic mass is 9.80. The Bertz CT molecular complexity index is 1960. The van der Waals surface area contributed by atoms with Gasteiger partial charge in [-0.25, -0.2) is 4.79 Å². The number of ether oxygens (including phenoxy) is 6. The highest BCUT2D eigenvalue weighted by atomic mass is 16.6. The molecule has 14 atom stereocenters. The predicted molar refractivity (Wildman–Crippen MR) is 262 cm³/mol. The summed E-state index contributed by atoms with van der Waals surface area (Å²) in [5.41, 5.74) is -0.318. The molecule has 3 heterocycles. The Morgan fingerprint density at radius 1 is 0.845 bits per heavy atom. The van der Waals surface area contributed by atoms with Crippen LogP contribution >= 0.6 is 0 Å². The number of aliphatic hydroxyl groups excluding tert-OH is 3. The average Bonchev–Trinajstić information content (AvgIpc) is 3.35. The molecule has 400 valence electrons. The number of ketones is 3. The summed E-state index contributed by atoms with van der Waals surface area (Å²) in [4.78, 5) is 85.1. The maximum absolute atomic E-state index is 14.4. The van der Waals surface area contributed by atoms with Crippen LogP contribution in [0.2, 0.25) is 0 Å². The van der Waals surface area contributed by atoms with E-state index < -0.39 is 115 Å². The van der Waals surface area contributed by atoms with E-state index in [1.807, 2.05) is 44.2 Å². The molecule has 1 aliphatic carbocycles. The van der Waals surface area contributed by atoms with Crippen molar-refractivity contribution in [3.8, 4) is 0 Å². The number of esters is 2. The molecule has 0 radical (unpaired) electrons. The third kappa shape index (κ3) is 15.5. The Morgan fingerprint density at radius 3 is 2.20 bits per heavy atom. The van der Waals surface area contributed by atoms with Gasteiger partial charge in [0.2, 0.25) is 5.79 Å². The van der Waals surface area contributed by atoms with Gasteiger partial charge in [0.1, 0.15) is 41.7 Å². The number of aliphatic hydroxyl groups is 4. The van der Waals surface area contributed by atoms with E-state index in [4.69, 9.17) is 28.4 Å². The van der Waals surface area contributed by atoms with Crippen LogP contribution in [0.15, 0.2) is 47.6 Å². The van der Waals surface area contributed by atoms with E-state index in [-0.39, 0.29) is 55.6 Å². The number of carbonyl (C=O) groups excluding carboxylic acids is 6. The van der Waals surface area contributed by atoms with Crippen LogP contribution in [0.4, 0.5) is 0 Å². The van der Waals surface area contributed by atoms with Crippen molar-refractivity contribution in [2.24, 2.45) is 35.0 Å². The highest BCUT2D eigenvalue weighted by molar-refractivity contribution is 6.39. The quantitative estimate of drug-likeness (QED) is 0.134. The summed E-state index contributed by atoms with van der Waals surface area (Å²) >= 11 is 0. The summed E-state index contributed by atoms with van der Waals surface area (Å²) in [6.07, 6.45) is 8.93. The predicted octanol–water partition coefficient (Wildman–Crippen LogP) is 5.09. The highest BCUT2D eigenvalue weighted by Gasteiger charge is 2.53. The second kappa shape index (κ2) is 27.4. The first-order chi connectivity index (χ1) is 33.6. The van der Waals surface area contributed by atoms with Crippen LogP contribution in [0.5, 0.6) is 0 Å². The zero-order valence-corrected chi connectivity index (χ0v) is 43.7. The van der Waals surface area contributed by atoms with Crippen LogP contribution in [0.3, 0.4) is 0 Å². The Balaban J connectivity index is 1.70. The maximum Gasteiger partial charge on any atom is 0.329 e. The van der Waals surface area contributed by atoms with Crippen LogP contribution in [-0.4, -0.2) is 156 Å². The second-order valence-corrected chi connectivity index (χ2v) is 21.0. The van der Waals surface area contributed by atoms with E-state index in [0.29, 0.717) is 56.9 Å². The van der Waals surface area contributed by atoms with E-state index in [0.717, 1.165) is 10.5 Å². The molecule has 2 saturated heterocycles. The van der Waals surface area contributed by atoms with E-state index in [9.17, 15) is 49.2 Å². The third-order valence-electron chi connectivity index (χ3n) is 15.2. The number of rotatable bonds is 9. The van der Waals surface area contributed by atoms with Crippen LogP contribution in [0.1, 0.15) is 126 Å². The number of Topliss-reactive ketones (excluding diaryl/α,β-unsaturated/α-hetero) is 3. The number of fused-ring (bicyclic) bond motifs is 3. The minimum Gasteiger partial charge on any atom is -0.460 e. The second-order valence-electron chi connectivity index (χ2n) is 21.0. The minimum atomic E-state index is -2.47. The first-order valence-electron chi connectivity index (χ1n) is 25.5. The average molecular weight is 1000 g/mol. The van der Waals surface area contributed by atoms with E-state index >= 15 is 0 Å². The Kier molecular flexibility index (Phi) is 23.0. The molecule has 14 unspecified atom stereocenters. The smallest absolute Gasteiger partial charge is 0.329 e. The number of amides is 1. The third-order valence-corrected chi connectivity index (χ3v) is 15.2. The largest absolute Gasteiger partial charge is 0.460 e. The molecule has 71 heavy (non-hydrogen) atoms. The number of hydrogen-bond donors (Lipinski definition) is 4. The number of nitrogens with zero attached hydrogens (tertiary/aromatic N) is 1. The Morgan fingerprint density at radius 2 is 1.55 bits per heavy atom. The molecule has 3 fully saturated rings. The molecule has 0 spiro atoms. The lowest BCUT2D eigenvalue weighted by molar-refractivity contribution is -0.265. The van der Waals surface area contributed by atoms with Crippen molar-refractivity contribution in [1.82, 2.24) is 4.90 Å². The van der Waals surface area contributed by atoms with E-state index in [2.05, 4.69) is 0 Å². The van der Waals surface area contributed by atoms with Gasteiger partial charge in [0.25, 0.3) is 11.7 Å². The summed E-state index contributed by atoms with van der Waals surface area (Å²) in [5.74, 6) is -9.20. The molecule has 4 rings (SSSR count). The summed E-state index contributed by atoms with van der Waals surface area (Å²) in [5, 5.41) is 43.0. The lowest BCUT2D eigenvalue weighted by Gasteiger charge is -2.42. The summed E-state index contributed by atoms with van der Waals surface area (Å²) < 4.78 is 35.3. The van der Waals surface area contributed by atoms with Gasteiger partial charge in [0.05, 0.1) is 31.5 Å². The van der Waals surface area contributed by atoms with Crippen molar-refractivity contribution in [1.29, 1.82) is 0 Å². The number of piperidine rings is 1. The lowest BCUT2D eigenvalue weighted by Crippen LogP contribution is -2.60. The Labute approximate surface area is 420 Å². The molecular formula is C54H83NO16. The number of allylic oxidation sites excluding steroid dienone is 6. The molecule has 1 amide bonds. The first kappa shape index (κ1) is 59.6. The number of cyclic esters (lactones) is 1. The van der Waals surface area contributed by atoms with Crippen LogP contribution in [-0.2, 0) is 57.2 Å². The standard InChI is InChI=1S/C54H83NO16/c1-32-16-12-11-13-17-33(2)44(66-8)29-39-21-19-37(6)54(65,71-39)49(61)50(62)55-23-15-14-18-41(55)51(63)69-40(26-38-20-22-43(45(27-38)67-9)70-52(64)53(7,30-56)31-57)28-42(58)34(3)25-36(5)47(60)48(68-10)46(59)35(4)24-32/h11-13,16-17,25,32,34-35,37-41,43-45,47-48,56-57,60,65H,14-15,18-24,26-31H2,1-10H3/b13-11+,16-12+,33-17+,36-25-. The first-order valence-corrected chi connectivity index (χ1v) is 25.5. The number of carbonyl (C=O) groups is 6.